The molecule has 0 amide bonds. The van der Waals surface area contributed by atoms with Crippen LogP contribution in [0.1, 0.15) is 37.8 Å². The highest BCUT2D eigenvalue weighted by Crippen LogP contribution is 2.16. The molecular formula is C13H19FN2O. The van der Waals surface area contributed by atoms with Gasteiger partial charge in [-0.05, 0) is 44.4 Å². The van der Waals surface area contributed by atoms with E-state index in [1.807, 2.05) is 6.92 Å². The first-order valence-electron chi connectivity index (χ1n) is 6.21. The van der Waals surface area contributed by atoms with Gasteiger partial charge in [-0.3, -0.25) is 4.98 Å². The predicted octanol–water partition coefficient (Wildman–Crippen LogP) is 2.44. The summed E-state index contributed by atoms with van der Waals surface area (Å²) < 4.78 is 18.5. The van der Waals surface area contributed by atoms with Crippen molar-refractivity contribution in [1.82, 2.24) is 10.3 Å². The van der Waals surface area contributed by atoms with E-state index in [1.54, 1.807) is 6.20 Å². The summed E-state index contributed by atoms with van der Waals surface area (Å²) in [5, 5.41) is 3.37. The van der Waals surface area contributed by atoms with Crippen molar-refractivity contribution in [1.29, 1.82) is 0 Å². The molecule has 1 aliphatic heterocycles. The lowest BCUT2D eigenvalue weighted by Crippen LogP contribution is -2.23. The van der Waals surface area contributed by atoms with Crippen LogP contribution in [0.2, 0.25) is 0 Å². The minimum absolute atomic E-state index is 0.125. The summed E-state index contributed by atoms with van der Waals surface area (Å²) in [6.45, 7) is 3.81. The lowest BCUT2D eigenvalue weighted by Gasteiger charge is -2.15. The molecule has 1 aromatic rings. The van der Waals surface area contributed by atoms with Crippen LogP contribution in [0.4, 0.5) is 4.39 Å². The molecule has 0 saturated carbocycles. The summed E-state index contributed by atoms with van der Waals surface area (Å²) in [4.78, 5) is 3.85. The molecule has 1 saturated heterocycles. The number of hydrogen-bond acceptors (Lipinski definition) is 3. The van der Waals surface area contributed by atoms with Gasteiger partial charge in [0.25, 0.3) is 0 Å². The Kier molecular flexibility index (Phi) is 4.45. The lowest BCUT2D eigenvalue weighted by atomic mass is 10.1. The molecule has 0 bridgehead atoms. The van der Waals surface area contributed by atoms with E-state index in [9.17, 15) is 4.39 Å². The van der Waals surface area contributed by atoms with Crippen molar-refractivity contribution in [2.45, 2.75) is 38.3 Å². The van der Waals surface area contributed by atoms with Gasteiger partial charge in [-0.2, -0.15) is 0 Å². The normalized spacial score (nSPS) is 21.6. The number of nitrogens with one attached hydrogen (secondary N) is 1. The maximum atomic E-state index is 13.0. The standard InChI is InChI=1S/C13H19FN2O/c1-10(11-7-12(14)9-15-8-11)16-5-4-13-3-2-6-17-13/h7-10,13,16H,2-6H2,1H3. The molecular weight excluding hydrogens is 219 g/mol. The molecule has 2 unspecified atom stereocenters. The third-order valence-electron chi connectivity index (χ3n) is 3.17. The van der Waals surface area contributed by atoms with Crippen LogP contribution in [0.25, 0.3) is 0 Å². The van der Waals surface area contributed by atoms with E-state index >= 15 is 0 Å². The van der Waals surface area contributed by atoms with Crippen LogP contribution in [-0.2, 0) is 4.74 Å². The van der Waals surface area contributed by atoms with Gasteiger partial charge in [0.15, 0.2) is 0 Å². The Hall–Kier alpha value is -1.00. The van der Waals surface area contributed by atoms with Crippen LogP contribution in [0.5, 0.6) is 0 Å². The summed E-state index contributed by atoms with van der Waals surface area (Å²) in [6.07, 6.45) is 6.69. The fraction of sp³-hybridized carbons (Fsp3) is 0.615. The number of aromatic nitrogens is 1. The van der Waals surface area contributed by atoms with Crippen molar-refractivity contribution in [3.05, 3.63) is 29.8 Å². The molecule has 0 aliphatic carbocycles. The average molecular weight is 238 g/mol. The number of rotatable bonds is 5. The fourth-order valence-electron chi connectivity index (χ4n) is 2.12. The van der Waals surface area contributed by atoms with Gasteiger partial charge in [0, 0.05) is 18.8 Å². The highest BCUT2D eigenvalue weighted by atomic mass is 19.1. The molecule has 1 fully saturated rings. The van der Waals surface area contributed by atoms with Crippen LogP contribution in [0.3, 0.4) is 0 Å². The number of hydrogen-bond donors (Lipinski definition) is 1. The summed E-state index contributed by atoms with van der Waals surface area (Å²) in [7, 11) is 0. The van der Waals surface area contributed by atoms with E-state index in [-0.39, 0.29) is 11.9 Å². The van der Waals surface area contributed by atoms with Crippen LogP contribution in [0.15, 0.2) is 18.5 Å². The van der Waals surface area contributed by atoms with E-state index in [1.165, 1.54) is 18.7 Å². The first-order chi connectivity index (χ1) is 8.25. The van der Waals surface area contributed by atoms with E-state index in [0.29, 0.717) is 6.10 Å². The monoisotopic (exact) mass is 238 g/mol. The van der Waals surface area contributed by atoms with E-state index < -0.39 is 0 Å². The molecule has 2 atom stereocenters. The second-order valence-electron chi connectivity index (χ2n) is 4.54. The van der Waals surface area contributed by atoms with Crippen LogP contribution in [-0.4, -0.2) is 24.2 Å². The van der Waals surface area contributed by atoms with Crippen molar-refractivity contribution in [3.63, 3.8) is 0 Å². The minimum atomic E-state index is -0.282. The number of nitrogens with zero attached hydrogens (tertiary/aromatic N) is 1. The molecule has 2 rings (SSSR count). The maximum Gasteiger partial charge on any atom is 0.141 e. The molecule has 0 aromatic carbocycles. The molecule has 3 nitrogen and oxygen atoms in total. The van der Waals surface area contributed by atoms with Gasteiger partial charge >= 0.3 is 0 Å². The highest BCUT2D eigenvalue weighted by molar-refractivity contribution is 5.14. The van der Waals surface area contributed by atoms with Crippen molar-refractivity contribution in [2.75, 3.05) is 13.2 Å². The maximum absolute atomic E-state index is 13.0. The third-order valence-corrected chi connectivity index (χ3v) is 3.17. The van der Waals surface area contributed by atoms with E-state index in [2.05, 4.69) is 10.3 Å². The highest BCUT2D eigenvalue weighted by Gasteiger charge is 2.15. The minimum Gasteiger partial charge on any atom is -0.378 e. The topological polar surface area (TPSA) is 34.1 Å². The van der Waals surface area contributed by atoms with Crippen molar-refractivity contribution >= 4 is 0 Å². The molecule has 0 radical (unpaired) electrons. The Morgan fingerprint density at radius 1 is 1.59 bits per heavy atom. The zero-order chi connectivity index (χ0) is 12.1. The summed E-state index contributed by atoms with van der Waals surface area (Å²) in [5.74, 6) is -0.282. The fourth-order valence-corrected chi connectivity index (χ4v) is 2.12. The van der Waals surface area contributed by atoms with Crippen molar-refractivity contribution in [3.8, 4) is 0 Å². The first kappa shape index (κ1) is 12.5. The molecule has 94 valence electrons. The molecule has 17 heavy (non-hydrogen) atoms. The largest absolute Gasteiger partial charge is 0.378 e. The van der Waals surface area contributed by atoms with E-state index in [4.69, 9.17) is 4.74 Å². The zero-order valence-electron chi connectivity index (χ0n) is 10.2. The molecule has 1 aromatic heterocycles. The predicted molar refractivity (Wildman–Crippen MR) is 64.2 cm³/mol. The lowest BCUT2D eigenvalue weighted by molar-refractivity contribution is 0.103. The quantitative estimate of drug-likeness (QED) is 0.855. The molecule has 2 heterocycles. The Balaban J connectivity index is 1.74. The average Bonchev–Trinajstić information content (AvgIpc) is 2.82. The van der Waals surface area contributed by atoms with Gasteiger partial charge in [-0.1, -0.05) is 0 Å². The summed E-state index contributed by atoms with van der Waals surface area (Å²) in [5.41, 5.74) is 0.886. The Morgan fingerprint density at radius 2 is 2.47 bits per heavy atom. The van der Waals surface area contributed by atoms with Gasteiger partial charge in [0.05, 0.1) is 12.3 Å². The number of ether oxygens (including phenoxy) is 1. The Bertz CT molecular complexity index is 353. The molecule has 1 N–H and O–H groups in total. The van der Waals surface area contributed by atoms with Gasteiger partial charge in [0.1, 0.15) is 5.82 Å². The number of pyridine rings is 1. The molecule has 0 spiro atoms. The zero-order valence-corrected chi connectivity index (χ0v) is 10.2. The number of halogens is 1. The Morgan fingerprint density at radius 3 is 3.18 bits per heavy atom. The SMILES string of the molecule is CC(NCCC1CCCO1)c1cncc(F)c1. The van der Waals surface area contributed by atoms with Crippen LogP contribution in [0, 0.1) is 5.82 Å². The van der Waals surface area contributed by atoms with Gasteiger partial charge < -0.3 is 10.1 Å². The van der Waals surface area contributed by atoms with Gasteiger partial charge in [-0.25, -0.2) is 4.39 Å². The molecule has 1 aliphatic rings. The first-order valence-corrected chi connectivity index (χ1v) is 6.21. The van der Waals surface area contributed by atoms with Gasteiger partial charge in [0.2, 0.25) is 0 Å². The second kappa shape index (κ2) is 6.07. The summed E-state index contributed by atoms with van der Waals surface area (Å²) >= 11 is 0. The van der Waals surface area contributed by atoms with Crippen molar-refractivity contribution in [2.24, 2.45) is 0 Å². The second-order valence-corrected chi connectivity index (χ2v) is 4.54. The molecule has 4 heteroatoms. The van der Waals surface area contributed by atoms with Crippen LogP contribution < -0.4 is 5.32 Å². The van der Waals surface area contributed by atoms with Gasteiger partial charge in [-0.15, -0.1) is 0 Å². The van der Waals surface area contributed by atoms with Crippen LogP contribution >= 0.6 is 0 Å². The smallest absolute Gasteiger partial charge is 0.141 e. The van der Waals surface area contributed by atoms with Crippen molar-refractivity contribution < 1.29 is 9.13 Å². The summed E-state index contributed by atoms with van der Waals surface area (Å²) in [6, 6.07) is 1.65. The third kappa shape index (κ3) is 3.75. The van der Waals surface area contributed by atoms with E-state index in [0.717, 1.165) is 31.6 Å². The Labute approximate surface area is 101 Å².